The highest BCUT2D eigenvalue weighted by atomic mass is 16.6. The van der Waals surface area contributed by atoms with Crippen molar-refractivity contribution < 1.29 is 23.9 Å². The molecule has 0 spiro atoms. The summed E-state index contributed by atoms with van der Waals surface area (Å²) < 4.78 is 9.72. The number of ketones is 1. The molecule has 1 rings (SSSR count). The molecular formula is C15H19NO5. The second-order valence-electron chi connectivity index (χ2n) is 4.57. The molecule has 0 N–H and O–H groups in total. The lowest BCUT2D eigenvalue weighted by atomic mass is 10.2. The number of Topliss-reactive ketones (excluding diaryl/α,β-unsaturated/α-hetero) is 1. The van der Waals surface area contributed by atoms with Crippen LogP contribution in [0.4, 0.5) is 4.79 Å². The number of ether oxygens (including phenoxy) is 2. The van der Waals surface area contributed by atoms with E-state index in [4.69, 9.17) is 4.74 Å². The minimum absolute atomic E-state index is 0.0714. The zero-order valence-corrected chi connectivity index (χ0v) is 12.4. The van der Waals surface area contributed by atoms with Crippen molar-refractivity contribution in [1.29, 1.82) is 0 Å². The molecule has 1 atom stereocenters. The second kappa shape index (κ2) is 8.04. The van der Waals surface area contributed by atoms with E-state index in [1.54, 1.807) is 0 Å². The maximum atomic E-state index is 12.1. The number of hydrogen-bond acceptors (Lipinski definition) is 5. The van der Waals surface area contributed by atoms with Crippen LogP contribution in [0.3, 0.4) is 0 Å². The SMILES string of the molecule is COC(=O)[C@H](C)N(CC(C)=O)C(=O)OCc1ccccc1. The highest BCUT2D eigenvalue weighted by Crippen LogP contribution is 2.08. The molecule has 0 aromatic heterocycles. The summed E-state index contributed by atoms with van der Waals surface area (Å²) in [6.07, 6.45) is -0.730. The Balaban J connectivity index is 2.71. The second-order valence-corrected chi connectivity index (χ2v) is 4.57. The number of rotatable bonds is 6. The van der Waals surface area contributed by atoms with Crippen LogP contribution in [0.5, 0.6) is 0 Å². The summed E-state index contributed by atoms with van der Waals surface area (Å²) in [5.74, 6) is -0.852. The van der Waals surface area contributed by atoms with Crippen LogP contribution in [-0.2, 0) is 25.7 Å². The quantitative estimate of drug-likeness (QED) is 0.747. The van der Waals surface area contributed by atoms with Gasteiger partial charge in [0.25, 0.3) is 0 Å². The minimum Gasteiger partial charge on any atom is -0.467 e. The molecular weight excluding hydrogens is 274 g/mol. The summed E-state index contributed by atoms with van der Waals surface area (Å²) in [6.45, 7) is 2.69. The first-order chi connectivity index (χ1) is 9.95. The largest absolute Gasteiger partial charge is 0.467 e. The van der Waals surface area contributed by atoms with Gasteiger partial charge in [-0.15, -0.1) is 0 Å². The van der Waals surface area contributed by atoms with Gasteiger partial charge in [-0.25, -0.2) is 9.59 Å². The third-order valence-corrected chi connectivity index (χ3v) is 2.84. The van der Waals surface area contributed by atoms with Crippen LogP contribution in [0.2, 0.25) is 0 Å². The Morgan fingerprint density at radius 3 is 2.33 bits per heavy atom. The molecule has 0 fully saturated rings. The summed E-state index contributed by atoms with van der Waals surface area (Å²) in [6, 6.07) is 8.24. The maximum absolute atomic E-state index is 12.1. The van der Waals surface area contributed by atoms with E-state index in [0.717, 1.165) is 10.5 Å². The number of benzene rings is 1. The maximum Gasteiger partial charge on any atom is 0.411 e. The van der Waals surface area contributed by atoms with Gasteiger partial charge in [-0.3, -0.25) is 9.69 Å². The fourth-order valence-corrected chi connectivity index (χ4v) is 1.70. The highest BCUT2D eigenvalue weighted by Gasteiger charge is 2.28. The molecule has 0 aliphatic rings. The number of amides is 1. The minimum atomic E-state index is -0.887. The normalized spacial score (nSPS) is 11.4. The first kappa shape index (κ1) is 16.7. The molecule has 0 aliphatic heterocycles. The van der Waals surface area contributed by atoms with Crippen molar-refractivity contribution in [1.82, 2.24) is 4.90 Å². The molecule has 0 bridgehead atoms. The average Bonchev–Trinajstić information content (AvgIpc) is 2.49. The van der Waals surface area contributed by atoms with Crippen molar-refractivity contribution in [3.05, 3.63) is 35.9 Å². The zero-order chi connectivity index (χ0) is 15.8. The van der Waals surface area contributed by atoms with E-state index in [2.05, 4.69) is 4.74 Å². The number of hydrogen-bond donors (Lipinski definition) is 0. The van der Waals surface area contributed by atoms with Gasteiger partial charge in [-0.05, 0) is 19.4 Å². The number of carbonyl (C=O) groups is 3. The first-order valence-electron chi connectivity index (χ1n) is 6.50. The van der Waals surface area contributed by atoms with Crippen molar-refractivity contribution in [3.63, 3.8) is 0 Å². The van der Waals surface area contributed by atoms with Crippen molar-refractivity contribution in [2.24, 2.45) is 0 Å². The fourth-order valence-electron chi connectivity index (χ4n) is 1.70. The van der Waals surface area contributed by atoms with Gasteiger partial charge in [0.15, 0.2) is 0 Å². The van der Waals surface area contributed by atoms with E-state index in [-0.39, 0.29) is 18.9 Å². The molecule has 0 radical (unpaired) electrons. The smallest absolute Gasteiger partial charge is 0.411 e. The molecule has 21 heavy (non-hydrogen) atoms. The van der Waals surface area contributed by atoms with Crippen LogP contribution in [0, 0.1) is 0 Å². The van der Waals surface area contributed by atoms with Gasteiger partial charge in [0.1, 0.15) is 18.4 Å². The zero-order valence-electron chi connectivity index (χ0n) is 12.4. The first-order valence-corrected chi connectivity index (χ1v) is 6.50. The number of nitrogens with zero attached hydrogens (tertiary/aromatic N) is 1. The van der Waals surface area contributed by atoms with E-state index in [1.807, 2.05) is 30.3 Å². The van der Waals surface area contributed by atoms with Gasteiger partial charge in [0.2, 0.25) is 0 Å². The van der Waals surface area contributed by atoms with Gasteiger partial charge in [0.05, 0.1) is 13.7 Å². The van der Waals surface area contributed by atoms with E-state index in [1.165, 1.54) is 21.0 Å². The third-order valence-electron chi connectivity index (χ3n) is 2.84. The lowest BCUT2D eigenvalue weighted by Crippen LogP contribution is -2.46. The van der Waals surface area contributed by atoms with Crippen molar-refractivity contribution in [2.75, 3.05) is 13.7 Å². The van der Waals surface area contributed by atoms with Gasteiger partial charge >= 0.3 is 12.1 Å². The van der Waals surface area contributed by atoms with E-state index in [0.29, 0.717) is 0 Å². The van der Waals surface area contributed by atoms with Gasteiger partial charge < -0.3 is 9.47 Å². The third kappa shape index (κ3) is 5.25. The molecule has 0 aliphatic carbocycles. The number of carbonyl (C=O) groups excluding carboxylic acids is 3. The van der Waals surface area contributed by atoms with Crippen molar-refractivity contribution >= 4 is 17.8 Å². The van der Waals surface area contributed by atoms with Crippen LogP contribution in [0.25, 0.3) is 0 Å². The van der Waals surface area contributed by atoms with Crippen molar-refractivity contribution in [3.8, 4) is 0 Å². The lowest BCUT2D eigenvalue weighted by molar-refractivity contribution is -0.146. The topological polar surface area (TPSA) is 72.9 Å². The van der Waals surface area contributed by atoms with Crippen LogP contribution in [-0.4, -0.2) is 42.4 Å². The predicted molar refractivity (Wildman–Crippen MR) is 75.5 cm³/mol. The number of esters is 1. The average molecular weight is 293 g/mol. The summed E-state index contributed by atoms with van der Waals surface area (Å²) in [4.78, 5) is 35.9. The summed E-state index contributed by atoms with van der Waals surface area (Å²) in [7, 11) is 1.22. The van der Waals surface area contributed by atoms with E-state index < -0.39 is 18.1 Å². The Morgan fingerprint density at radius 1 is 1.19 bits per heavy atom. The molecule has 6 nitrogen and oxygen atoms in total. The lowest BCUT2D eigenvalue weighted by Gasteiger charge is -2.25. The van der Waals surface area contributed by atoms with Gasteiger partial charge in [0, 0.05) is 0 Å². The number of methoxy groups -OCH3 is 1. The molecule has 0 saturated carbocycles. The Labute approximate surface area is 123 Å². The molecule has 6 heteroatoms. The monoisotopic (exact) mass is 293 g/mol. The van der Waals surface area contributed by atoms with Gasteiger partial charge in [-0.1, -0.05) is 30.3 Å². The summed E-state index contributed by atoms with van der Waals surface area (Å²) in [5.41, 5.74) is 0.819. The molecule has 1 aromatic carbocycles. The van der Waals surface area contributed by atoms with Crippen LogP contribution >= 0.6 is 0 Å². The predicted octanol–water partition coefficient (Wildman–Crippen LogP) is 1.78. The highest BCUT2D eigenvalue weighted by molar-refractivity contribution is 5.86. The summed E-state index contributed by atoms with van der Waals surface area (Å²) in [5, 5.41) is 0. The Bertz CT molecular complexity index is 500. The Hall–Kier alpha value is -2.37. The molecule has 114 valence electrons. The Kier molecular flexibility index (Phi) is 6.39. The van der Waals surface area contributed by atoms with Crippen LogP contribution < -0.4 is 0 Å². The standard InChI is InChI=1S/C15H19NO5/c1-11(17)9-16(12(2)14(18)20-3)15(19)21-10-13-7-5-4-6-8-13/h4-8,12H,9-10H2,1-3H3/t12-/m0/s1. The van der Waals surface area contributed by atoms with Gasteiger partial charge in [-0.2, -0.15) is 0 Å². The summed E-state index contributed by atoms with van der Waals surface area (Å²) >= 11 is 0. The van der Waals surface area contributed by atoms with Crippen LogP contribution in [0.1, 0.15) is 19.4 Å². The molecule has 0 heterocycles. The molecule has 0 saturated heterocycles. The fraction of sp³-hybridized carbons (Fsp3) is 0.400. The molecule has 1 amide bonds. The van der Waals surface area contributed by atoms with Crippen molar-refractivity contribution in [2.45, 2.75) is 26.5 Å². The molecule has 0 unspecified atom stereocenters. The molecule has 1 aromatic rings. The van der Waals surface area contributed by atoms with E-state index >= 15 is 0 Å². The van der Waals surface area contributed by atoms with Crippen LogP contribution in [0.15, 0.2) is 30.3 Å². The van der Waals surface area contributed by atoms with E-state index in [9.17, 15) is 14.4 Å². The Morgan fingerprint density at radius 2 is 1.81 bits per heavy atom.